The minimum atomic E-state index is 0.777. The van der Waals surface area contributed by atoms with Gasteiger partial charge in [-0.25, -0.2) is 0 Å². The van der Waals surface area contributed by atoms with E-state index in [0.717, 1.165) is 12.5 Å². The minimum Gasteiger partial charge on any atom is -0.384 e. The highest BCUT2D eigenvalue weighted by Crippen LogP contribution is 2.27. The Kier molecular flexibility index (Phi) is 1.80. The molecule has 0 aromatic heterocycles. The van der Waals surface area contributed by atoms with Crippen LogP contribution in [0.25, 0.3) is 0 Å². The zero-order chi connectivity index (χ0) is 8.55. The molecule has 0 fully saturated rings. The molecule has 1 heterocycles. The van der Waals surface area contributed by atoms with E-state index in [9.17, 15) is 0 Å². The van der Waals surface area contributed by atoms with Crippen LogP contribution < -0.4 is 5.32 Å². The largest absolute Gasteiger partial charge is 0.384 e. The third kappa shape index (κ3) is 1.20. The van der Waals surface area contributed by atoms with E-state index in [1.54, 1.807) is 0 Å². The lowest BCUT2D eigenvalue weighted by Crippen LogP contribution is -2.21. The molecule has 0 spiro atoms. The van der Waals surface area contributed by atoms with Crippen LogP contribution >= 0.6 is 0 Å². The molecule has 1 atom stereocenters. The van der Waals surface area contributed by atoms with E-state index in [0.29, 0.717) is 0 Å². The molecule has 1 aliphatic rings. The molecule has 64 valence electrons. The molecular formula is C11H15N. The second kappa shape index (κ2) is 2.81. The molecule has 12 heavy (non-hydrogen) atoms. The Bertz CT molecular complexity index is 291. The molecule has 0 aliphatic carbocycles. The number of para-hydroxylation sites is 1. The third-order valence-electron chi connectivity index (χ3n) is 2.55. The molecule has 1 N–H and O–H groups in total. The zero-order valence-corrected chi connectivity index (χ0v) is 7.72. The van der Waals surface area contributed by atoms with Crippen molar-refractivity contribution in [2.45, 2.75) is 20.3 Å². The first kappa shape index (κ1) is 7.66. The molecule has 0 radical (unpaired) electrons. The summed E-state index contributed by atoms with van der Waals surface area (Å²) >= 11 is 0. The highest BCUT2D eigenvalue weighted by molar-refractivity contribution is 5.58. The van der Waals surface area contributed by atoms with Crippen LogP contribution in [0, 0.1) is 12.8 Å². The fourth-order valence-electron chi connectivity index (χ4n) is 1.88. The van der Waals surface area contributed by atoms with E-state index in [1.807, 2.05) is 0 Å². The fraction of sp³-hybridized carbons (Fsp3) is 0.455. The van der Waals surface area contributed by atoms with Gasteiger partial charge in [-0.05, 0) is 30.4 Å². The lowest BCUT2D eigenvalue weighted by molar-refractivity contribution is 0.594. The van der Waals surface area contributed by atoms with Gasteiger partial charge >= 0.3 is 0 Å². The predicted octanol–water partition coefficient (Wildman–Crippen LogP) is 2.60. The SMILES string of the molecule is Cc1cccc2c1NC[C@@H](C)C2. The van der Waals surface area contributed by atoms with Crippen molar-refractivity contribution in [3.63, 3.8) is 0 Å². The van der Waals surface area contributed by atoms with E-state index in [-0.39, 0.29) is 0 Å². The van der Waals surface area contributed by atoms with Gasteiger partial charge in [0.2, 0.25) is 0 Å². The standard InChI is InChI=1S/C11H15N/c1-8-6-10-5-3-4-9(2)11(10)12-7-8/h3-5,8,12H,6-7H2,1-2H3/t8-/m0/s1. The van der Waals surface area contributed by atoms with E-state index in [1.165, 1.54) is 23.2 Å². The van der Waals surface area contributed by atoms with E-state index in [4.69, 9.17) is 0 Å². The molecule has 1 heteroatoms. The van der Waals surface area contributed by atoms with Crippen molar-refractivity contribution >= 4 is 5.69 Å². The van der Waals surface area contributed by atoms with Crippen LogP contribution in [-0.4, -0.2) is 6.54 Å². The summed E-state index contributed by atoms with van der Waals surface area (Å²) in [5.74, 6) is 0.777. The van der Waals surface area contributed by atoms with Crippen molar-refractivity contribution in [2.75, 3.05) is 11.9 Å². The molecule has 0 saturated carbocycles. The smallest absolute Gasteiger partial charge is 0.0402 e. The van der Waals surface area contributed by atoms with Crippen molar-refractivity contribution in [1.29, 1.82) is 0 Å². The van der Waals surface area contributed by atoms with Gasteiger partial charge in [0.25, 0.3) is 0 Å². The molecule has 2 rings (SSSR count). The topological polar surface area (TPSA) is 12.0 Å². The summed E-state index contributed by atoms with van der Waals surface area (Å²) in [7, 11) is 0. The van der Waals surface area contributed by atoms with Gasteiger partial charge in [-0.3, -0.25) is 0 Å². The van der Waals surface area contributed by atoms with Gasteiger partial charge in [-0.1, -0.05) is 25.1 Å². The van der Waals surface area contributed by atoms with E-state index in [2.05, 4.69) is 37.4 Å². The molecule has 0 unspecified atom stereocenters. The van der Waals surface area contributed by atoms with Crippen LogP contribution in [0.3, 0.4) is 0 Å². The van der Waals surface area contributed by atoms with Crippen molar-refractivity contribution in [3.05, 3.63) is 29.3 Å². The monoisotopic (exact) mass is 161 g/mol. The summed E-state index contributed by atoms with van der Waals surface area (Å²) in [5, 5.41) is 3.48. The van der Waals surface area contributed by atoms with Crippen LogP contribution in [0.5, 0.6) is 0 Å². The molecule has 1 nitrogen and oxygen atoms in total. The van der Waals surface area contributed by atoms with E-state index < -0.39 is 0 Å². The number of hydrogen-bond acceptors (Lipinski definition) is 1. The minimum absolute atomic E-state index is 0.777. The molecule has 0 saturated heterocycles. The van der Waals surface area contributed by atoms with E-state index >= 15 is 0 Å². The predicted molar refractivity (Wildman–Crippen MR) is 52.5 cm³/mol. The first-order valence-corrected chi connectivity index (χ1v) is 4.59. The van der Waals surface area contributed by atoms with Crippen LogP contribution in [0.15, 0.2) is 18.2 Å². The van der Waals surface area contributed by atoms with Crippen LogP contribution in [0.1, 0.15) is 18.1 Å². The maximum absolute atomic E-state index is 3.48. The second-order valence-corrected chi connectivity index (χ2v) is 3.80. The van der Waals surface area contributed by atoms with Crippen molar-refractivity contribution in [2.24, 2.45) is 5.92 Å². The Morgan fingerprint density at radius 3 is 3.08 bits per heavy atom. The zero-order valence-electron chi connectivity index (χ0n) is 7.72. The highest BCUT2D eigenvalue weighted by atomic mass is 14.9. The third-order valence-corrected chi connectivity index (χ3v) is 2.55. The average molecular weight is 161 g/mol. The van der Waals surface area contributed by atoms with Crippen LogP contribution in [0.4, 0.5) is 5.69 Å². The normalized spacial score (nSPS) is 21.3. The Labute approximate surface area is 73.8 Å². The summed E-state index contributed by atoms with van der Waals surface area (Å²) in [6.45, 7) is 5.58. The van der Waals surface area contributed by atoms with Crippen molar-refractivity contribution in [1.82, 2.24) is 0 Å². The van der Waals surface area contributed by atoms with Gasteiger partial charge in [0, 0.05) is 12.2 Å². The average Bonchev–Trinajstić information content (AvgIpc) is 2.04. The first-order valence-electron chi connectivity index (χ1n) is 4.59. The van der Waals surface area contributed by atoms with Gasteiger partial charge in [-0.15, -0.1) is 0 Å². The Balaban J connectivity index is 2.42. The summed E-state index contributed by atoms with van der Waals surface area (Å²) in [6.07, 6.45) is 1.23. The molecule has 1 aromatic rings. The number of benzene rings is 1. The Morgan fingerprint density at radius 1 is 1.42 bits per heavy atom. The second-order valence-electron chi connectivity index (χ2n) is 3.80. The molecule has 0 amide bonds. The first-order chi connectivity index (χ1) is 5.77. The summed E-state index contributed by atoms with van der Waals surface area (Å²) in [4.78, 5) is 0. The lowest BCUT2D eigenvalue weighted by Gasteiger charge is -2.24. The van der Waals surface area contributed by atoms with Gasteiger partial charge in [0.1, 0.15) is 0 Å². The van der Waals surface area contributed by atoms with Crippen molar-refractivity contribution in [3.8, 4) is 0 Å². The number of nitrogens with one attached hydrogen (secondary N) is 1. The molecule has 1 aliphatic heterocycles. The van der Waals surface area contributed by atoms with Gasteiger partial charge < -0.3 is 5.32 Å². The quantitative estimate of drug-likeness (QED) is 0.616. The Morgan fingerprint density at radius 2 is 2.25 bits per heavy atom. The number of fused-ring (bicyclic) bond motifs is 1. The number of hydrogen-bond donors (Lipinski definition) is 1. The van der Waals surface area contributed by atoms with Gasteiger partial charge in [-0.2, -0.15) is 0 Å². The highest BCUT2D eigenvalue weighted by Gasteiger charge is 2.14. The summed E-state index contributed by atoms with van der Waals surface area (Å²) in [5.41, 5.74) is 4.23. The van der Waals surface area contributed by atoms with Gasteiger partial charge in [0.05, 0.1) is 0 Å². The number of rotatable bonds is 0. The van der Waals surface area contributed by atoms with Crippen LogP contribution in [-0.2, 0) is 6.42 Å². The molecular weight excluding hydrogens is 146 g/mol. The lowest BCUT2D eigenvalue weighted by atomic mass is 9.94. The number of anilines is 1. The maximum atomic E-state index is 3.48. The molecule has 0 bridgehead atoms. The van der Waals surface area contributed by atoms with Crippen molar-refractivity contribution < 1.29 is 0 Å². The Hall–Kier alpha value is -0.980. The summed E-state index contributed by atoms with van der Waals surface area (Å²) < 4.78 is 0. The van der Waals surface area contributed by atoms with Gasteiger partial charge in [0.15, 0.2) is 0 Å². The number of aryl methyl sites for hydroxylation is 1. The maximum Gasteiger partial charge on any atom is 0.0402 e. The summed E-state index contributed by atoms with van der Waals surface area (Å²) in [6, 6.07) is 6.54. The fourth-order valence-corrected chi connectivity index (χ4v) is 1.88. The molecule has 1 aromatic carbocycles. The van der Waals surface area contributed by atoms with Crippen LogP contribution in [0.2, 0.25) is 0 Å².